The average molecular weight is 368 g/mol. The van der Waals surface area contributed by atoms with Crippen molar-refractivity contribution in [2.75, 3.05) is 6.26 Å². The van der Waals surface area contributed by atoms with Crippen LogP contribution in [0.5, 0.6) is 0 Å². The van der Waals surface area contributed by atoms with E-state index >= 15 is 0 Å². The highest BCUT2D eigenvalue weighted by Crippen LogP contribution is 2.25. The second-order valence-electron chi connectivity index (χ2n) is 4.29. The second kappa shape index (κ2) is 7.12. The number of carbonyl (C=O) groups is 1. The van der Waals surface area contributed by atoms with Gasteiger partial charge < -0.3 is 9.26 Å². The van der Waals surface area contributed by atoms with Crippen LogP contribution in [0.3, 0.4) is 0 Å². The van der Waals surface area contributed by atoms with Crippen LogP contribution in [0.4, 0.5) is 0 Å². The van der Waals surface area contributed by atoms with E-state index in [1.807, 2.05) is 17.5 Å². The monoisotopic (exact) mass is 367 g/mol. The first-order chi connectivity index (χ1) is 11.2. The third kappa shape index (κ3) is 3.72. The molecule has 0 spiro atoms. The van der Waals surface area contributed by atoms with Crippen molar-refractivity contribution in [2.24, 2.45) is 0 Å². The Bertz CT molecular complexity index is 821. The van der Waals surface area contributed by atoms with E-state index < -0.39 is 5.97 Å². The number of aromatic nitrogens is 3. The van der Waals surface area contributed by atoms with Crippen molar-refractivity contribution in [1.82, 2.24) is 15.1 Å². The third-order valence-electron chi connectivity index (χ3n) is 2.77. The summed E-state index contributed by atoms with van der Waals surface area (Å²) in [5, 5.41) is 6.41. The summed E-state index contributed by atoms with van der Waals surface area (Å²) >= 11 is 8.78. The molecule has 0 fully saturated rings. The Kier molecular flexibility index (Phi) is 4.94. The van der Waals surface area contributed by atoms with E-state index in [0.717, 1.165) is 4.88 Å². The number of carbonyl (C=O) groups excluding carboxylic acids is 1. The summed E-state index contributed by atoms with van der Waals surface area (Å²) in [6.07, 6.45) is 3.18. The summed E-state index contributed by atoms with van der Waals surface area (Å²) in [7, 11) is 0. The molecule has 3 aromatic heterocycles. The lowest BCUT2D eigenvalue weighted by atomic mass is 10.3. The maximum Gasteiger partial charge on any atom is 0.359 e. The molecule has 0 unspecified atom stereocenters. The summed E-state index contributed by atoms with van der Waals surface area (Å²) in [5.41, 5.74) is 0.546. The molecule has 0 saturated carbocycles. The highest BCUT2D eigenvalue weighted by molar-refractivity contribution is 7.98. The Morgan fingerprint density at radius 3 is 3.13 bits per heavy atom. The molecule has 23 heavy (non-hydrogen) atoms. The Hall–Kier alpha value is -1.90. The molecule has 0 aliphatic rings. The summed E-state index contributed by atoms with van der Waals surface area (Å²) in [5.74, 6) is 0.00385. The van der Waals surface area contributed by atoms with E-state index in [0.29, 0.717) is 16.6 Å². The zero-order valence-corrected chi connectivity index (χ0v) is 14.2. The lowest BCUT2D eigenvalue weighted by molar-refractivity contribution is 0.0456. The minimum Gasteiger partial charge on any atom is -0.454 e. The predicted molar refractivity (Wildman–Crippen MR) is 87.8 cm³/mol. The standard InChI is InChI=1S/C14H10ClN3O3S2/c1-22-14-16-6-9(15)12(17-14)13(19)20-7-8-5-10(21-18-8)11-3-2-4-23-11/h2-6H,7H2,1H3. The van der Waals surface area contributed by atoms with Crippen molar-refractivity contribution in [1.29, 1.82) is 0 Å². The highest BCUT2D eigenvalue weighted by Gasteiger charge is 2.17. The Balaban J connectivity index is 1.67. The first kappa shape index (κ1) is 16.0. The molecule has 0 aromatic carbocycles. The van der Waals surface area contributed by atoms with Crippen molar-refractivity contribution in [2.45, 2.75) is 11.8 Å². The summed E-state index contributed by atoms with van der Waals surface area (Å²) < 4.78 is 10.4. The molecule has 6 nitrogen and oxygen atoms in total. The molecule has 0 radical (unpaired) electrons. The van der Waals surface area contributed by atoms with Crippen LogP contribution in [-0.4, -0.2) is 27.3 Å². The van der Waals surface area contributed by atoms with Gasteiger partial charge in [-0.2, -0.15) is 0 Å². The number of halogens is 1. The smallest absolute Gasteiger partial charge is 0.359 e. The van der Waals surface area contributed by atoms with Crippen LogP contribution in [0.25, 0.3) is 10.6 Å². The third-order valence-corrected chi connectivity index (χ3v) is 4.49. The number of hydrogen-bond acceptors (Lipinski definition) is 8. The van der Waals surface area contributed by atoms with Gasteiger partial charge in [-0.15, -0.1) is 11.3 Å². The lowest BCUT2D eigenvalue weighted by Gasteiger charge is -2.04. The fourth-order valence-electron chi connectivity index (χ4n) is 1.72. The number of hydrogen-bond donors (Lipinski definition) is 0. The molecule has 3 rings (SSSR count). The maximum atomic E-state index is 12.1. The summed E-state index contributed by atoms with van der Waals surface area (Å²) in [6, 6.07) is 5.57. The second-order valence-corrected chi connectivity index (χ2v) is 6.42. The fraction of sp³-hybridized carbons (Fsp3) is 0.143. The van der Waals surface area contributed by atoms with Gasteiger partial charge in [-0.05, 0) is 17.7 Å². The lowest BCUT2D eigenvalue weighted by Crippen LogP contribution is -2.09. The Labute approximate surface area is 144 Å². The average Bonchev–Trinajstić information content (AvgIpc) is 3.24. The van der Waals surface area contributed by atoms with Gasteiger partial charge in [0, 0.05) is 6.07 Å². The number of thioether (sulfide) groups is 1. The molecule has 0 amide bonds. The fourth-order valence-corrected chi connectivity index (χ4v) is 2.90. The quantitative estimate of drug-likeness (QED) is 0.384. The number of nitrogens with zero attached hydrogens (tertiary/aromatic N) is 3. The zero-order chi connectivity index (χ0) is 16.2. The molecule has 3 heterocycles. The first-order valence-electron chi connectivity index (χ1n) is 6.40. The largest absolute Gasteiger partial charge is 0.454 e. The van der Waals surface area contributed by atoms with Gasteiger partial charge in [-0.1, -0.05) is 34.6 Å². The highest BCUT2D eigenvalue weighted by atomic mass is 35.5. The van der Waals surface area contributed by atoms with Gasteiger partial charge >= 0.3 is 5.97 Å². The van der Waals surface area contributed by atoms with Crippen molar-refractivity contribution >= 4 is 40.7 Å². The van der Waals surface area contributed by atoms with Crippen LogP contribution >= 0.6 is 34.7 Å². The molecule has 0 aliphatic heterocycles. The van der Waals surface area contributed by atoms with E-state index in [2.05, 4.69) is 15.1 Å². The molecule has 0 aliphatic carbocycles. The molecular weight excluding hydrogens is 358 g/mol. The Morgan fingerprint density at radius 1 is 1.52 bits per heavy atom. The molecule has 0 atom stereocenters. The molecule has 0 N–H and O–H groups in total. The molecule has 0 saturated heterocycles. The van der Waals surface area contributed by atoms with E-state index in [4.69, 9.17) is 20.9 Å². The maximum absolute atomic E-state index is 12.1. The summed E-state index contributed by atoms with van der Waals surface area (Å²) in [6.45, 7) is -0.0252. The van der Waals surface area contributed by atoms with Gasteiger partial charge in [0.2, 0.25) is 0 Å². The molecule has 3 aromatic rings. The van der Waals surface area contributed by atoms with Crippen molar-refractivity contribution in [3.05, 3.63) is 46.2 Å². The number of thiophene rings is 1. The van der Waals surface area contributed by atoms with Crippen molar-refractivity contribution in [3.63, 3.8) is 0 Å². The van der Waals surface area contributed by atoms with Crippen LogP contribution in [-0.2, 0) is 11.3 Å². The van der Waals surface area contributed by atoms with Gasteiger partial charge in [0.1, 0.15) is 12.3 Å². The van der Waals surface area contributed by atoms with Gasteiger partial charge in [0.25, 0.3) is 0 Å². The van der Waals surface area contributed by atoms with Crippen LogP contribution in [0.2, 0.25) is 5.02 Å². The molecule has 9 heteroatoms. The van der Waals surface area contributed by atoms with E-state index in [9.17, 15) is 4.79 Å². The van der Waals surface area contributed by atoms with Crippen molar-refractivity contribution in [3.8, 4) is 10.6 Å². The van der Waals surface area contributed by atoms with Crippen molar-refractivity contribution < 1.29 is 14.1 Å². The van der Waals surface area contributed by atoms with Crippen LogP contribution in [0, 0.1) is 0 Å². The Morgan fingerprint density at radius 2 is 2.39 bits per heavy atom. The first-order valence-corrected chi connectivity index (χ1v) is 8.88. The summed E-state index contributed by atoms with van der Waals surface area (Å²) in [4.78, 5) is 21.1. The normalized spacial score (nSPS) is 10.7. The predicted octanol–water partition coefficient (Wildman–Crippen LogP) is 3.93. The van der Waals surface area contributed by atoms with Gasteiger partial charge in [0.15, 0.2) is 16.6 Å². The van der Waals surface area contributed by atoms with Gasteiger partial charge in [-0.25, -0.2) is 14.8 Å². The van der Waals surface area contributed by atoms with Crippen LogP contribution in [0.15, 0.2) is 39.5 Å². The SMILES string of the molecule is CSc1ncc(Cl)c(C(=O)OCc2cc(-c3cccs3)on2)n1. The topological polar surface area (TPSA) is 78.1 Å². The van der Waals surface area contributed by atoms with Crippen LogP contribution < -0.4 is 0 Å². The van der Waals surface area contributed by atoms with E-state index in [1.54, 1.807) is 12.3 Å². The minimum atomic E-state index is -0.631. The van der Waals surface area contributed by atoms with Gasteiger partial charge in [-0.3, -0.25) is 0 Å². The number of esters is 1. The van der Waals surface area contributed by atoms with E-state index in [-0.39, 0.29) is 17.3 Å². The number of rotatable bonds is 5. The zero-order valence-electron chi connectivity index (χ0n) is 11.9. The number of ether oxygens (including phenoxy) is 1. The van der Waals surface area contributed by atoms with Gasteiger partial charge in [0.05, 0.1) is 16.1 Å². The molecular formula is C14H10ClN3O3S2. The minimum absolute atomic E-state index is 0.0252. The van der Waals surface area contributed by atoms with Crippen LogP contribution in [0.1, 0.15) is 16.2 Å². The molecule has 118 valence electrons. The molecule has 0 bridgehead atoms. The van der Waals surface area contributed by atoms with E-state index in [1.165, 1.54) is 29.3 Å².